The summed E-state index contributed by atoms with van der Waals surface area (Å²) in [6.07, 6.45) is 1.10. The van der Waals surface area contributed by atoms with Crippen LogP contribution in [0.1, 0.15) is 13.3 Å². The van der Waals surface area contributed by atoms with Gasteiger partial charge >= 0.3 is 0 Å². The highest BCUT2D eigenvalue weighted by Crippen LogP contribution is 2.34. The molecule has 0 amide bonds. The second kappa shape index (κ2) is 2.94. The molecular formula is C10H15NO. The molecule has 2 aliphatic rings. The van der Waals surface area contributed by atoms with Crippen LogP contribution in [0.15, 0.2) is 23.4 Å². The standard InChI is InChI=1S/C10H15NO/c1-8-7-9(2)10(8)11-3-5-12-6-4-11/h1,3-7H2,2H3. The van der Waals surface area contributed by atoms with Crippen molar-refractivity contribution < 1.29 is 4.74 Å². The summed E-state index contributed by atoms with van der Waals surface area (Å²) in [7, 11) is 0. The molecule has 1 aliphatic carbocycles. The minimum absolute atomic E-state index is 0.865. The van der Waals surface area contributed by atoms with Crippen molar-refractivity contribution in [2.45, 2.75) is 13.3 Å². The molecule has 2 heteroatoms. The Bertz CT molecular complexity index is 236. The average Bonchev–Trinajstić information content (AvgIpc) is 2.05. The maximum absolute atomic E-state index is 5.30. The maximum atomic E-state index is 5.30. The van der Waals surface area contributed by atoms with Gasteiger partial charge in [0.15, 0.2) is 0 Å². The Morgan fingerprint density at radius 2 is 2.00 bits per heavy atom. The van der Waals surface area contributed by atoms with E-state index in [1.807, 2.05) is 0 Å². The molecule has 1 fully saturated rings. The maximum Gasteiger partial charge on any atom is 0.0642 e. The summed E-state index contributed by atoms with van der Waals surface area (Å²) in [4.78, 5) is 2.39. The Morgan fingerprint density at radius 1 is 1.33 bits per heavy atom. The summed E-state index contributed by atoms with van der Waals surface area (Å²) >= 11 is 0. The Labute approximate surface area is 73.5 Å². The lowest BCUT2D eigenvalue weighted by molar-refractivity contribution is 0.0529. The molecule has 0 spiro atoms. The van der Waals surface area contributed by atoms with E-state index in [2.05, 4.69) is 18.4 Å². The summed E-state index contributed by atoms with van der Waals surface area (Å²) in [5.41, 5.74) is 4.19. The quantitative estimate of drug-likeness (QED) is 0.584. The van der Waals surface area contributed by atoms with Crippen molar-refractivity contribution in [2.75, 3.05) is 26.3 Å². The predicted octanol–water partition coefficient (Wildman–Crippen LogP) is 1.55. The van der Waals surface area contributed by atoms with Gasteiger partial charge in [-0.15, -0.1) is 0 Å². The average molecular weight is 165 g/mol. The highest BCUT2D eigenvalue weighted by atomic mass is 16.5. The van der Waals surface area contributed by atoms with Gasteiger partial charge in [-0.2, -0.15) is 0 Å². The normalized spacial score (nSPS) is 24.4. The Balaban J connectivity index is 2.08. The molecule has 0 aromatic carbocycles. The van der Waals surface area contributed by atoms with E-state index in [1.165, 1.54) is 16.8 Å². The van der Waals surface area contributed by atoms with Crippen LogP contribution in [0.25, 0.3) is 0 Å². The van der Waals surface area contributed by atoms with Crippen LogP contribution in [0.5, 0.6) is 0 Å². The first-order chi connectivity index (χ1) is 5.79. The Morgan fingerprint density at radius 3 is 2.50 bits per heavy atom. The number of hydrogen-bond acceptors (Lipinski definition) is 2. The lowest BCUT2D eigenvalue weighted by Crippen LogP contribution is -2.38. The topological polar surface area (TPSA) is 12.5 Å². The van der Waals surface area contributed by atoms with Crippen molar-refractivity contribution in [2.24, 2.45) is 0 Å². The van der Waals surface area contributed by atoms with Gasteiger partial charge in [0.25, 0.3) is 0 Å². The van der Waals surface area contributed by atoms with Gasteiger partial charge in [-0.25, -0.2) is 0 Å². The third kappa shape index (κ3) is 1.16. The fourth-order valence-corrected chi connectivity index (χ4v) is 1.96. The summed E-state index contributed by atoms with van der Waals surface area (Å²) in [5.74, 6) is 0. The molecule has 0 unspecified atom stereocenters. The zero-order valence-electron chi connectivity index (χ0n) is 7.60. The van der Waals surface area contributed by atoms with Crippen LogP contribution in [-0.4, -0.2) is 31.2 Å². The van der Waals surface area contributed by atoms with Gasteiger partial charge < -0.3 is 9.64 Å². The van der Waals surface area contributed by atoms with E-state index in [0.717, 1.165) is 32.7 Å². The summed E-state index contributed by atoms with van der Waals surface area (Å²) in [6.45, 7) is 10.0. The zero-order valence-corrected chi connectivity index (χ0v) is 7.60. The van der Waals surface area contributed by atoms with Crippen molar-refractivity contribution >= 4 is 0 Å². The Kier molecular flexibility index (Phi) is 1.93. The van der Waals surface area contributed by atoms with E-state index >= 15 is 0 Å². The molecule has 2 nitrogen and oxygen atoms in total. The Hall–Kier alpha value is -0.760. The third-order valence-electron chi connectivity index (χ3n) is 2.55. The molecule has 0 aromatic rings. The van der Waals surface area contributed by atoms with Crippen LogP contribution in [0.4, 0.5) is 0 Å². The molecule has 1 aliphatic heterocycles. The molecular weight excluding hydrogens is 150 g/mol. The molecule has 66 valence electrons. The number of rotatable bonds is 1. The molecule has 0 bridgehead atoms. The summed E-state index contributed by atoms with van der Waals surface area (Å²) in [5, 5.41) is 0. The van der Waals surface area contributed by atoms with Crippen LogP contribution in [0.2, 0.25) is 0 Å². The molecule has 0 atom stereocenters. The molecule has 0 N–H and O–H groups in total. The van der Waals surface area contributed by atoms with E-state index in [-0.39, 0.29) is 0 Å². The molecule has 12 heavy (non-hydrogen) atoms. The summed E-state index contributed by atoms with van der Waals surface area (Å²) in [6, 6.07) is 0. The van der Waals surface area contributed by atoms with Crippen molar-refractivity contribution in [3.63, 3.8) is 0 Å². The minimum atomic E-state index is 0.865. The first-order valence-corrected chi connectivity index (χ1v) is 4.49. The smallest absolute Gasteiger partial charge is 0.0642 e. The highest BCUT2D eigenvalue weighted by Gasteiger charge is 2.24. The highest BCUT2D eigenvalue weighted by molar-refractivity contribution is 5.44. The van der Waals surface area contributed by atoms with Gasteiger partial charge in [0.1, 0.15) is 0 Å². The molecule has 1 heterocycles. The molecule has 1 saturated heterocycles. The van der Waals surface area contributed by atoms with Crippen LogP contribution in [0.3, 0.4) is 0 Å². The van der Waals surface area contributed by atoms with Gasteiger partial charge in [0.2, 0.25) is 0 Å². The molecule has 0 radical (unpaired) electrons. The fraction of sp³-hybridized carbons (Fsp3) is 0.600. The van der Waals surface area contributed by atoms with Crippen LogP contribution >= 0.6 is 0 Å². The van der Waals surface area contributed by atoms with E-state index in [0.29, 0.717) is 0 Å². The number of ether oxygens (including phenoxy) is 1. The lowest BCUT2D eigenvalue weighted by Gasteiger charge is -2.38. The van der Waals surface area contributed by atoms with Gasteiger partial charge in [-0.1, -0.05) is 6.58 Å². The number of morpholine rings is 1. The van der Waals surface area contributed by atoms with E-state index in [4.69, 9.17) is 4.74 Å². The third-order valence-corrected chi connectivity index (χ3v) is 2.55. The van der Waals surface area contributed by atoms with Gasteiger partial charge in [0.05, 0.1) is 13.2 Å². The van der Waals surface area contributed by atoms with Crippen LogP contribution in [0, 0.1) is 0 Å². The number of hydrogen-bond donors (Lipinski definition) is 0. The molecule has 2 rings (SSSR count). The van der Waals surface area contributed by atoms with E-state index in [9.17, 15) is 0 Å². The van der Waals surface area contributed by atoms with E-state index in [1.54, 1.807) is 0 Å². The van der Waals surface area contributed by atoms with Crippen molar-refractivity contribution in [3.05, 3.63) is 23.4 Å². The van der Waals surface area contributed by atoms with Gasteiger partial charge in [-0.3, -0.25) is 0 Å². The number of allylic oxidation sites excluding steroid dienone is 2. The summed E-state index contributed by atoms with van der Waals surface area (Å²) < 4.78 is 5.30. The fourth-order valence-electron chi connectivity index (χ4n) is 1.96. The van der Waals surface area contributed by atoms with Gasteiger partial charge in [-0.05, 0) is 24.5 Å². The first-order valence-electron chi connectivity index (χ1n) is 4.49. The zero-order chi connectivity index (χ0) is 8.55. The predicted molar refractivity (Wildman–Crippen MR) is 48.8 cm³/mol. The van der Waals surface area contributed by atoms with E-state index < -0.39 is 0 Å². The van der Waals surface area contributed by atoms with Gasteiger partial charge in [0, 0.05) is 18.8 Å². The molecule has 0 saturated carbocycles. The van der Waals surface area contributed by atoms with Crippen molar-refractivity contribution in [1.29, 1.82) is 0 Å². The lowest BCUT2D eigenvalue weighted by atomic mass is 9.89. The SMILES string of the molecule is C=C1CC(C)=C1N1CCOCC1. The van der Waals surface area contributed by atoms with Crippen molar-refractivity contribution in [1.82, 2.24) is 4.90 Å². The minimum Gasteiger partial charge on any atom is -0.378 e. The monoisotopic (exact) mass is 165 g/mol. The second-order valence-electron chi connectivity index (χ2n) is 3.51. The van der Waals surface area contributed by atoms with Crippen LogP contribution < -0.4 is 0 Å². The second-order valence-corrected chi connectivity index (χ2v) is 3.51. The van der Waals surface area contributed by atoms with Crippen LogP contribution in [-0.2, 0) is 4.74 Å². The first kappa shape index (κ1) is 7.87. The largest absolute Gasteiger partial charge is 0.378 e. The van der Waals surface area contributed by atoms with Crippen molar-refractivity contribution in [3.8, 4) is 0 Å². The molecule has 0 aromatic heterocycles. The number of nitrogens with zero attached hydrogens (tertiary/aromatic N) is 1.